The van der Waals surface area contributed by atoms with E-state index in [0.717, 1.165) is 4.47 Å². The van der Waals surface area contributed by atoms with Crippen LogP contribution in [0.1, 0.15) is 0 Å². The van der Waals surface area contributed by atoms with Gasteiger partial charge in [0.2, 0.25) is 5.91 Å². The zero-order chi connectivity index (χ0) is 16.1. The molecular formula is C15H15BrN2O4. The lowest BCUT2D eigenvalue weighted by molar-refractivity contribution is -0.116. The summed E-state index contributed by atoms with van der Waals surface area (Å²) in [5.41, 5.74) is 0.261. The third-order valence-corrected chi connectivity index (χ3v) is 3.41. The summed E-state index contributed by atoms with van der Waals surface area (Å²) in [4.78, 5) is 23.8. The van der Waals surface area contributed by atoms with Crippen LogP contribution in [0, 0.1) is 0 Å². The lowest BCUT2D eigenvalue weighted by atomic mass is 10.2. The van der Waals surface area contributed by atoms with Gasteiger partial charge in [0, 0.05) is 22.8 Å². The molecule has 0 spiro atoms. The minimum atomic E-state index is -0.330. The van der Waals surface area contributed by atoms with E-state index in [1.54, 1.807) is 37.6 Å². The van der Waals surface area contributed by atoms with Crippen molar-refractivity contribution < 1.29 is 14.3 Å². The molecule has 1 amide bonds. The van der Waals surface area contributed by atoms with Crippen LogP contribution in [0.3, 0.4) is 0 Å². The molecule has 0 unspecified atom stereocenters. The molecule has 2 rings (SSSR count). The van der Waals surface area contributed by atoms with Crippen LogP contribution in [0.15, 0.2) is 45.8 Å². The number of carbonyl (C=O) groups excluding carboxylic acids is 1. The summed E-state index contributed by atoms with van der Waals surface area (Å²) >= 11 is 3.27. The second-order valence-corrected chi connectivity index (χ2v) is 5.34. The maximum Gasteiger partial charge on any atom is 0.251 e. The van der Waals surface area contributed by atoms with E-state index in [1.165, 1.54) is 17.7 Å². The average Bonchev–Trinajstić information content (AvgIpc) is 2.51. The molecule has 1 aromatic heterocycles. The minimum absolute atomic E-state index is 0.0898. The van der Waals surface area contributed by atoms with Crippen LogP contribution in [0.5, 0.6) is 11.5 Å². The molecular weight excluding hydrogens is 352 g/mol. The van der Waals surface area contributed by atoms with Gasteiger partial charge in [0.15, 0.2) is 0 Å². The quantitative estimate of drug-likeness (QED) is 0.880. The molecule has 0 fully saturated rings. The van der Waals surface area contributed by atoms with Gasteiger partial charge >= 0.3 is 0 Å². The van der Waals surface area contributed by atoms with E-state index in [0.29, 0.717) is 17.2 Å². The Morgan fingerprint density at radius 3 is 2.68 bits per heavy atom. The van der Waals surface area contributed by atoms with Crippen molar-refractivity contribution in [2.75, 3.05) is 19.5 Å². The Balaban J connectivity index is 2.15. The summed E-state index contributed by atoms with van der Waals surface area (Å²) in [6.45, 7) is -0.0898. The lowest BCUT2D eigenvalue weighted by Gasteiger charge is -2.12. The molecule has 0 saturated heterocycles. The molecule has 0 aliphatic heterocycles. The summed E-state index contributed by atoms with van der Waals surface area (Å²) in [6, 6.07) is 8.08. The minimum Gasteiger partial charge on any atom is -0.497 e. The number of rotatable bonds is 5. The van der Waals surface area contributed by atoms with Crippen molar-refractivity contribution in [2.45, 2.75) is 6.54 Å². The Kier molecular flexibility index (Phi) is 5.21. The first-order valence-corrected chi connectivity index (χ1v) is 7.20. The van der Waals surface area contributed by atoms with Gasteiger partial charge in [0.25, 0.3) is 5.56 Å². The number of nitrogens with zero attached hydrogens (tertiary/aromatic N) is 1. The summed E-state index contributed by atoms with van der Waals surface area (Å²) < 4.78 is 12.3. The summed E-state index contributed by atoms with van der Waals surface area (Å²) in [5, 5.41) is 2.71. The number of aromatic nitrogens is 1. The van der Waals surface area contributed by atoms with Gasteiger partial charge in [0.1, 0.15) is 18.0 Å². The molecule has 7 heteroatoms. The second kappa shape index (κ2) is 7.13. The van der Waals surface area contributed by atoms with E-state index in [9.17, 15) is 9.59 Å². The number of amides is 1. The molecule has 0 aliphatic carbocycles. The maximum atomic E-state index is 12.1. The van der Waals surface area contributed by atoms with E-state index in [2.05, 4.69) is 21.2 Å². The number of nitrogens with one attached hydrogen (secondary N) is 1. The van der Waals surface area contributed by atoms with Crippen LogP contribution in [0.25, 0.3) is 0 Å². The smallest absolute Gasteiger partial charge is 0.251 e. The molecule has 0 aliphatic rings. The Labute approximate surface area is 135 Å². The fourth-order valence-corrected chi connectivity index (χ4v) is 2.25. The molecule has 1 aromatic carbocycles. The van der Waals surface area contributed by atoms with Crippen molar-refractivity contribution in [3.63, 3.8) is 0 Å². The van der Waals surface area contributed by atoms with Gasteiger partial charge in [0.05, 0.1) is 19.9 Å². The SMILES string of the molecule is COc1ccc(NC(=O)Cn2cc(Br)ccc2=O)c(OC)c1. The molecule has 6 nitrogen and oxygen atoms in total. The monoisotopic (exact) mass is 366 g/mol. The van der Waals surface area contributed by atoms with Crippen molar-refractivity contribution >= 4 is 27.5 Å². The van der Waals surface area contributed by atoms with Crippen molar-refractivity contribution in [3.8, 4) is 11.5 Å². The van der Waals surface area contributed by atoms with E-state index >= 15 is 0 Å². The highest BCUT2D eigenvalue weighted by Gasteiger charge is 2.10. The average molecular weight is 367 g/mol. The van der Waals surface area contributed by atoms with Crippen LogP contribution >= 0.6 is 15.9 Å². The number of benzene rings is 1. The normalized spacial score (nSPS) is 10.1. The van der Waals surface area contributed by atoms with Gasteiger partial charge in [-0.2, -0.15) is 0 Å². The number of halogens is 1. The number of anilines is 1. The zero-order valence-electron chi connectivity index (χ0n) is 12.1. The van der Waals surface area contributed by atoms with Gasteiger partial charge in [-0.05, 0) is 34.1 Å². The topological polar surface area (TPSA) is 69.6 Å². The Morgan fingerprint density at radius 2 is 2.00 bits per heavy atom. The summed E-state index contributed by atoms with van der Waals surface area (Å²) in [7, 11) is 3.05. The highest BCUT2D eigenvalue weighted by Crippen LogP contribution is 2.28. The van der Waals surface area contributed by atoms with Gasteiger partial charge in [-0.15, -0.1) is 0 Å². The molecule has 1 N–H and O–H groups in total. The van der Waals surface area contributed by atoms with Crippen LogP contribution in [-0.4, -0.2) is 24.7 Å². The van der Waals surface area contributed by atoms with E-state index in [1.807, 2.05) is 0 Å². The first kappa shape index (κ1) is 16.1. The van der Waals surface area contributed by atoms with Gasteiger partial charge in [-0.25, -0.2) is 0 Å². The lowest BCUT2D eigenvalue weighted by Crippen LogP contribution is -2.26. The van der Waals surface area contributed by atoms with Crippen molar-refractivity contribution in [1.29, 1.82) is 0 Å². The highest BCUT2D eigenvalue weighted by atomic mass is 79.9. The number of ether oxygens (including phenoxy) is 2. The fraction of sp³-hybridized carbons (Fsp3) is 0.200. The molecule has 0 saturated carbocycles. The number of hydrogen-bond acceptors (Lipinski definition) is 4. The molecule has 2 aromatic rings. The van der Waals surface area contributed by atoms with Crippen LogP contribution in [0.4, 0.5) is 5.69 Å². The van der Waals surface area contributed by atoms with Crippen molar-refractivity contribution in [3.05, 3.63) is 51.4 Å². The standard InChI is InChI=1S/C15H15BrN2O4/c1-21-11-4-5-12(13(7-11)22-2)17-14(19)9-18-8-10(16)3-6-15(18)20/h3-8H,9H2,1-2H3,(H,17,19). The van der Waals surface area contributed by atoms with Crippen molar-refractivity contribution in [1.82, 2.24) is 4.57 Å². The largest absolute Gasteiger partial charge is 0.497 e. The molecule has 1 heterocycles. The van der Waals surface area contributed by atoms with Crippen LogP contribution < -0.4 is 20.3 Å². The fourth-order valence-electron chi connectivity index (χ4n) is 1.87. The van der Waals surface area contributed by atoms with E-state index in [4.69, 9.17) is 9.47 Å². The highest BCUT2D eigenvalue weighted by molar-refractivity contribution is 9.10. The Hall–Kier alpha value is -2.28. The van der Waals surface area contributed by atoms with Crippen LogP contribution in [0.2, 0.25) is 0 Å². The van der Waals surface area contributed by atoms with E-state index < -0.39 is 0 Å². The predicted octanol–water partition coefficient (Wildman–Crippen LogP) is 2.27. The molecule has 116 valence electrons. The van der Waals surface area contributed by atoms with Gasteiger partial charge < -0.3 is 19.4 Å². The third-order valence-electron chi connectivity index (χ3n) is 2.94. The molecule has 0 radical (unpaired) electrons. The maximum absolute atomic E-state index is 12.1. The zero-order valence-corrected chi connectivity index (χ0v) is 13.7. The first-order valence-electron chi connectivity index (χ1n) is 6.41. The predicted molar refractivity (Wildman–Crippen MR) is 86.6 cm³/mol. The summed E-state index contributed by atoms with van der Waals surface area (Å²) in [5.74, 6) is 0.774. The number of carbonyl (C=O) groups is 1. The van der Waals surface area contributed by atoms with Gasteiger partial charge in [-0.3, -0.25) is 9.59 Å². The van der Waals surface area contributed by atoms with Crippen molar-refractivity contribution in [2.24, 2.45) is 0 Å². The Morgan fingerprint density at radius 1 is 1.23 bits per heavy atom. The number of pyridine rings is 1. The molecule has 0 atom stereocenters. The van der Waals surface area contributed by atoms with Gasteiger partial charge in [-0.1, -0.05) is 0 Å². The van der Waals surface area contributed by atoms with Crippen LogP contribution in [-0.2, 0) is 11.3 Å². The summed E-state index contributed by atoms with van der Waals surface area (Å²) in [6.07, 6.45) is 1.56. The Bertz CT molecular complexity index is 743. The number of methoxy groups -OCH3 is 2. The molecule has 0 bridgehead atoms. The number of hydrogen-bond donors (Lipinski definition) is 1. The third kappa shape index (κ3) is 3.88. The first-order chi connectivity index (χ1) is 10.5. The van der Waals surface area contributed by atoms with E-state index in [-0.39, 0.29) is 18.0 Å². The molecule has 22 heavy (non-hydrogen) atoms. The second-order valence-electron chi connectivity index (χ2n) is 4.43.